The zero-order chi connectivity index (χ0) is 14.4. The monoisotopic (exact) mass is 273 g/mol. The number of aromatic carboxylic acids is 1. The molecule has 104 valence electrons. The predicted molar refractivity (Wildman–Crippen MR) is 70.7 cm³/mol. The molecule has 2 unspecified atom stereocenters. The smallest absolute Gasteiger partial charge is 0.335 e. The van der Waals surface area contributed by atoms with Crippen molar-refractivity contribution < 1.29 is 19.5 Å². The molecule has 5 heteroatoms. The van der Waals surface area contributed by atoms with Crippen LogP contribution in [0.15, 0.2) is 18.2 Å². The molecule has 1 heterocycles. The molecule has 1 fully saturated rings. The summed E-state index contributed by atoms with van der Waals surface area (Å²) in [5, 5.41) is 8.97. The van der Waals surface area contributed by atoms with Crippen molar-refractivity contribution in [2.24, 2.45) is 5.92 Å². The molecule has 2 aliphatic rings. The van der Waals surface area contributed by atoms with E-state index in [9.17, 15) is 14.4 Å². The number of hydrogen-bond acceptors (Lipinski definition) is 3. The normalized spacial score (nSPS) is 25.1. The van der Waals surface area contributed by atoms with Gasteiger partial charge in [0, 0.05) is 6.04 Å². The van der Waals surface area contributed by atoms with Crippen molar-refractivity contribution in [1.82, 2.24) is 4.90 Å². The Bertz CT molecular complexity index is 622. The van der Waals surface area contributed by atoms with Gasteiger partial charge in [-0.3, -0.25) is 14.5 Å². The quantitative estimate of drug-likeness (QED) is 0.838. The number of carboxylic acid groups (broad SMARTS) is 1. The molecule has 2 amide bonds. The van der Waals surface area contributed by atoms with Crippen LogP contribution in [0.25, 0.3) is 0 Å². The van der Waals surface area contributed by atoms with Gasteiger partial charge in [0.1, 0.15) is 0 Å². The van der Waals surface area contributed by atoms with E-state index < -0.39 is 5.97 Å². The fourth-order valence-electron chi connectivity index (χ4n) is 3.14. The van der Waals surface area contributed by atoms with Crippen molar-refractivity contribution in [2.45, 2.75) is 32.2 Å². The van der Waals surface area contributed by atoms with Crippen LogP contribution in [-0.4, -0.2) is 33.8 Å². The number of fused-ring (bicyclic) bond motifs is 1. The van der Waals surface area contributed by atoms with Gasteiger partial charge in [-0.05, 0) is 43.4 Å². The lowest BCUT2D eigenvalue weighted by atomic mass is 10.1. The van der Waals surface area contributed by atoms with Gasteiger partial charge in [0.25, 0.3) is 11.8 Å². The lowest BCUT2D eigenvalue weighted by Crippen LogP contribution is -2.38. The molecule has 20 heavy (non-hydrogen) atoms. The summed E-state index contributed by atoms with van der Waals surface area (Å²) in [6, 6.07) is 4.06. The van der Waals surface area contributed by atoms with E-state index in [0.29, 0.717) is 11.5 Å². The highest BCUT2D eigenvalue weighted by Crippen LogP contribution is 2.34. The predicted octanol–water partition coefficient (Wildman–Crippen LogP) is 2.17. The second-order valence-electron chi connectivity index (χ2n) is 5.62. The maximum Gasteiger partial charge on any atom is 0.335 e. The molecule has 0 aromatic heterocycles. The summed E-state index contributed by atoms with van der Waals surface area (Å²) in [7, 11) is 0. The van der Waals surface area contributed by atoms with Crippen molar-refractivity contribution in [3.05, 3.63) is 34.9 Å². The standard InChI is InChI=1S/C15H15NO4/c1-8-2-4-10(6-8)16-13(17)11-5-3-9(15(19)20)7-12(11)14(16)18/h3,5,7-8,10H,2,4,6H2,1H3,(H,19,20). The molecule has 1 aliphatic heterocycles. The van der Waals surface area contributed by atoms with Crippen LogP contribution in [0.5, 0.6) is 0 Å². The van der Waals surface area contributed by atoms with E-state index in [2.05, 4.69) is 6.92 Å². The number of rotatable bonds is 2. The molecule has 0 radical (unpaired) electrons. The summed E-state index contributed by atoms with van der Waals surface area (Å²) >= 11 is 0. The van der Waals surface area contributed by atoms with Gasteiger partial charge < -0.3 is 5.11 Å². The van der Waals surface area contributed by atoms with E-state index in [4.69, 9.17) is 5.11 Å². The average molecular weight is 273 g/mol. The van der Waals surface area contributed by atoms with Crippen LogP contribution in [0, 0.1) is 5.92 Å². The SMILES string of the molecule is CC1CCC(N2C(=O)c3ccc(C(=O)O)cc3C2=O)C1. The molecule has 1 saturated carbocycles. The summed E-state index contributed by atoms with van der Waals surface area (Å²) in [5.74, 6) is -1.23. The number of carbonyl (C=O) groups is 3. The van der Waals surface area contributed by atoms with Crippen molar-refractivity contribution >= 4 is 17.8 Å². The van der Waals surface area contributed by atoms with Crippen LogP contribution >= 0.6 is 0 Å². The van der Waals surface area contributed by atoms with E-state index in [1.54, 1.807) is 0 Å². The van der Waals surface area contributed by atoms with Crippen LogP contribution in [0.4, 0.5) is 0 Å². The highest BCUT2D eigenvalue weighted by atomic mass is 16.4. The Kier molecular flexibility index (Phi) is 2.85. The number of amides is 2. The van der Waals surface area contributed by atoms with Crippen molar-refractivity contribution in [3.8, 4) is 0 Å². The van der Waals surface area contributed by atoms with E-state index in [0.717, 1.165) is 19.3 Å². The third-order valence-corrected chi connectivity index (χ3v) is 4.20. The molecule has 0 spiro atoms. The molecule has 1 aromatic carbocycles. The molecule has 1 aromatic rings. The highest BCUT2D eigenvalue weighted by molar-refractivity contribution is 6.22. The zero-order valence-electron chi connectivity index (χ0n) is 11.1. The summed E-state index contributed by atoms with van der Waals surface area (Å²) < 4.78 is 0. The third kappa shape index (κ3) is 1.81. The zero-order valence-corrected chi connectivity index (χ0v) is 11.1. The number of carbonyl (C=O) groups excluding carboxylic acids is 2. The first-order chi connectivity index (χ1) is 9.49. The van der Waals surface area contributed by atoms with Gasteiger partial charge in [0.05, 0.1) is 16.7 Å². The maximum absolute atomic E-state index is 12.4. The Morgan fingerprint density at radius 2 is 1.90 bits per heavy atom. The second kappa shape index (κ2) is 4.44. The van der Waals surface area contributed by atoms with E-state index >= 15 is 0 Å². The van der Waals surface area contributed by atoms with E-state index in [1.165, 1.54) is 23.1 Å². The first kappa shape index (κ1) is 12.8. The highest BCUT2D eigenvalue weighted by Gasteiger charge is 2.42. The molecule has 1 aliphatic carbocycles. The Morgan fingerprint density at radius 3 is 2.50 bits per heavy atom. The minimum absolute atomic E-state index is 0.0338. The third-order valence-electron chi connectivity index (χ3n) is 4.20. The van der Waals surface area contributed by atoms with Gasteiger partial charge in [0.15, 0.2) is 0 Å². The van der Waals surface area contributed by atoms with Crippen molar-refractivity contribution in [2.75, 3.05) is 0 Å². The maximum atomic E-state index is 12.4. The number of carboxylic acids is 1. The molecule has 0 saturated heterocycles. The van der Waals surface area contributed by atoms with Gasteiger partial charge >= 0.3 is 5.97 Å². The first-order valence-corrected chi connectivity index (χ1v) is 6.74. The number of nitrogens with zero attached hydrogens (tertiary/aromatic N) is 1. The molecule has 3 rings (SSSR count). The lowest BCUT2D eigenvalue weighted by Gasteiger charge is -2.21. The summed E-state index contributed by atoms with van der Waals surface area (Å²) in [4.78, 5) is 37.0. The number of hydrogen-bond donors (Lipinski definition) is 1. The van der Waals surface area contributed by atoms with Crippen LogP contribution in [0.1, 0.15) is 57.3 Å². The fourth-order valence-corrected chi connectivity index (χ4v) is 3.14. The number of imide groups is 1. The van der Waals surface area contributed by atoms with Crippen LogP contribution in [0.3, 0.4) is 0 Å². The first-order valence-electron chi connectivity index (χ1n) is 6.74. The van der Waals surface area contributed by atoms with E-state index in [1.807, 2.05) is 0 Å². The molecule has 0 bridgehead atoms. The van der Waals surface area contributed by atoms with E-state index in [-0.39, 0.29) is 29.0 Å². The second-order valence-corrected chi connectivity index (χ2v) is 5.62. The van der Waals surface area contributed by atoms with Gasteiger partial charge in [-0.1, -0.05) is 6.92 Å². The molecular weight excluding hydrogens is 258 g/mol. The Labute approximate surface area is 116 Å². The topological polar surface area (TPSA) is 74.7 Å². The van der Waals surface area contributed by atoms with Crippen LogP contribution in [-0.2, 0) is 0 Å². The van der Waals surface area contributed by atoms with Gasteiger partial charge in [0.2, 0.25) is 0 Å². The summed E-state index contributed by atoms with van der Waals surface area (Å²) in [5.41, 5.74) is 0.570. The minimum atomic E-state index is -1.10. The van der Waals surface area contributed by atoms with Gasteiger partial charge in [-0.15, -0.1) is 0 Å². The molecule has 5 nitrogen and oxygen atoms in total. The molecular formula is C15H15NO4. The average Bonchev–Trinajstić information content (AvgIpc) is 2.93. The van der Waals surface area contributed by atoms with Gasteiger partial charge in [-0.25, -0.2) is 4.79 Å². The molecule has 2 atom stereocenters. The minimum Gasteiger partial charge on any atom is -0.478 e. The Morgan fingerprint density at radius 1 is 1.20 bits per heavy atom. The Balaban J connectivity index is 1.97. The summed E-state index contributed by atoms with van der Waals surface area (Å²) in [6.45, 7) is 2.11. The fraction of sp³-hybridized carbons (Fsp3) is 0.400. The number of benzene rings is 1. The summed E-state index contributed by atoms with van der Waals surface area (Å²) in [6.07, 6.45) is 2.67. The van der Waals surface area contributed by atoms with Crippen LogP contribution < -0.4 is 0 Å². The van der Waals surface area contributed by atoms with Crippen LogP contribution in [0.2, 0.25) is 0 Å². The lowest BCUT2D eigenvalue weighted by molar-refractivity contribution is 0.0584. The van der Waals surface area contributed by atoms with Crippen molar-refractivity contribution in [1.29, 1.82) is 0 Å². The van der Waals surface area contributed by atoms with Crippen molar-refractivity contribution in [3.63, 3.8) is 0 Å². The Hall–Kier alpha value is -2.17. The largest absolute Gasteiger partial charge is 0.478 e. The van der Waals surface area contributed by atoms with Gasteiger partial charge in [-0.2, -0.15) is 0 Å². The molecule has 1 N–H and O–H groups in total.